The molecule has 0 aliphatic heterocycles. The van der Waals surface area contributed by atoms with Crippen LogP contribution in [-0.2, 0) is 0 Å². The SMILES string of the molecule is ClC1CC(Oc2cccnc2)C1. The van der Waals surface area contributed by atoms with Gasteiger partial charge in [0.1, 0.15) is 11.9 Å². The molecular formula is C9H10ClNO. The van der Waals surface area contributed by atoms with Crippen molar-refractivity contribution >= 4 is 11.6 Å². The molecule has 2 rings (SSSR count). The van der Waals surface area contributed by atoms with Gasteiger partial charge in [-0.05, 0) is 12.1 Å². The number of alkyl halides is 1. The molecule has 0 spiro atoms. The number of aromatic nitrogens is 1. The third-order valence-electron chi connectivity index (χ3n) is 1.97. The number of pyridine rings is 1. The molecule has 1 aliphatic carbocycles. The minimum Gasteiger partial charge on any atom is -0.489 e. The molecule has 64 valence electrons. The van der Waals surface area contributed by atoms with Crippen molar-refractivity contribution in [3.63, 3.8) is 0 Å². The Hall–Kier alpha value is -0.760. The number of rotatable bonds is 2. The van der Waals surface area contributed by atoms with Crippen LogP contribution in [0.15, 0.2) is 24.5 Å². The predicted molar refractivity (Wildman–Crippen MR) is 47.5 cm³/mol. The van der Waals surface area contributed by atoms with E-state index in [1.165, 1.54) is 0 Å². The maximum atomic E-state index is 5.81. The summed E-state index contributed by atoms with van der Waals surface area (Å²) in [6.45, 7) is 0. The zero-order chi connectivity index (χ0) is 8.39. The molecular weight excluding hydrogens is 174 g/mol. The van der Waals surface area contributed by atoms with Crippen LogP contribution in [0.3, 0.4) is 0 Å². The van der Waals surface area contributed by atoms with Gasteiger partial charge in [0.05, 0.1) is 6.20 Å². The quantitative estimate of drug-likeness (QED) is 0.656. The number of halogens is 1. The fourth-order valence-electron chi connectivity index (χ4n) is 1.21. The molecule has 1 saturated carbocycles. The van der Waals surface area contributed by atoms with Crippen LogP contribution in [0.4, 0.5) is 0 Å². The molecule has 0 radical (unpaired) electrons. The van der Waals surface area contributed by atoms with Crippen LogP contribution in [0.2, 0.25) is 0 Å². The second-order valence-corrected chi connectivity index (χ2v) is 3.61. The molecule has 12 heavy (non-hydrogen) atoms. The average Bonchev–Trinajstić information content (AvgIpc) is 2.04. The molecule has 1 aromatic heterocycles. The van der Waals surface area contributed by atoms with Crippen LogP contribution < -0.4 is 4.74 Å². The fourth-order valence-corrected chi connectivity index (χ4v) is 1.60. The summed E-state index contributed by atoms with van der Waals surface area (Å²) >= 11 is 5.81. The van der Waals surface area contributed by atoms with Gasteiger partial charge in [0.2, 0.25) is 0 Å². The maximum absolute atomic E-state index is 5.81. The van der Waals surface area contributed by atoms with Gasteiger partial charge in [-0.15, -0.1) is 11.6 Å². The molecule has 0 aromatic carbocycles. The lowest BCUT2D eigenvalue weighted by atomic mass is 9.95. The highest BCUT2D eigenvalue weighted by Gasteiger charge is 2.28. The van der Waals surface area contributed by atoms with Gasteiger partial charge < -0.3 is 4.74 Å². The first-order valence-corrected chi connectivity index (χ1v) is 4.49. The second kappa shape index (κ2) is 3.31. The molecule has 1 aliphatic rings. The topological polar surface area (TPSA) is 22.1 Å². The predicted octanol–water partition coefficient (Wildman–Crippen LogP) is 2.23. The first-order valence-electron chi connectivity index (χ1n) is 4.05. The minimum atomic E-state index is 0.302. The van der Waals surface area contributed by atoms with Crippen LogP contribution in [0.25, 0.3) is 0 Å². The largest absolute Gasteiger partial charge is 0.489 e. The van der Waals surface area contributed by atoms with Crippen LogP contribution >= 0.6 is 11.6 Å². The van der Waals surface area contributed by atoms with Crippen molar-refractivity contribution in [2.75, 3.05) is 0 Å². The van der Waals surface area contributed by atoms with Crippen molar-refractivity contribution in [3.05, 3.63) is 24.5 Å². The third-order valence-corrected chi connectivity index (χ3v) is 2.33. The maximum Gasteiger partial charge on any atom is 0.137 e. The Balaban J connectivity index is 1.88. The summed E-state index contributed by atoms with van der Waals surface area (Å²) in [5.41, 5.74) is 0. The Morgan fingerprint density at radius 2 is 2.33 bits per heavy atom. The molecule has 1 heterocycles. The molecule has 1 fully saturated rings. The summed E-state index contributed by atoms with van der Waals surface area (Å²) < 4.78 is 5.57. The van der Waals surface area contributed by atoms with Gasteiger partial charge in [-0.3, -0.25) is 4.98 Å². The monoisotopic (exact) mass is 183 g/mol. The first kappa shape index (κ1) is 7.87. The van der Waals surface area contributed by atoms with Crippen LogP contribution in [0.1, 0.15) is 12.8 Å². The number of nitrogens with zero attached hydrogens (tertiary/aromatic N) is 1. The summed E-state index contributed by atoms with van der Waals surface area (Å²) in [5, 5.41) is 0.312. The Kier molecular flexibility index (Phi) is 2.17. The second-order valence-electron chi connectivity index (χ2n) is 3.00. The van der Waals surface area contributed by atoms with Gasteiger partial charge in [0, 0.05) is 24.4 Å². The Bertz CT molecular complexity index is 246. The van der Waals surface area contributed by atoms with Crippen molar-refractivity contribution in [3.8, 4) is 5.75 Å². The van der Waals surface area contributed by atoms with Gasteiger partial charge in [0.15, 0.2) is 0 Å². The highest BCUT2D eigenvalue weighted by molar-refractivity contribution is 6.21. The van der Waals surface area contributed by atoms with E-state index in [0.717, 1.165) is 18.6 Å². The van der Waals surface area contributed by atoms with E-state index >= 15 is 0 Å². The summed E-state index contributed by atoms with van der Waals surface area (Å²) in [6.07, 6.45) is 5.67. The van der Waals surface area contributed by atoms with Gasteiger partial charge in [-0.2, -0.15) is 0 Å². The summed E-state index contributed by atoms with van der Waals surface area (Å²) in [6, 6.07) is 3.78. The molecule has 0 amide bonds. The van der Waals surface area contributed by atoms with Crippen molar-refractivity contribution in [1.82, 2.24) is 4.98 Å². The minimum absolute atomic E-state index is 0.302. The molecule has 0 N–H and O–H groups in total. The van der Waals surface area contributed by atoms with Crippen molar-refractivity contribution in [2.45, 2.75) is 24.3 Å². The van der Waals surface area contributed by atoms with Gasteiger partial charge in [-0.25, -0.2) is 0 Å². The fraction of sp³-hybridized carbons (Fsp3) is 0.444. The van der Waals surface area contributed by atoms with E-state index in [0.29, 0.717) is 11.5 Å². The third kappa shape index (κ3) is 1.69. The smallest absolute Gasteiger partial charge is 0.137 e. The summed E-state index contributed by atoms with van der Waals surface area (Å²) in [7, 11) is 0. The van der Waals surface area contributed by atoms with Crippen molar-refractivity contribution < 1.29 is 4.74 Å². The molecule has 2 nitrogen and oxygen atoms in total. The molecule has 0 bridgehead atoms. The van der Waals surface area contributed by atoms with Crippen LogP contribution in [0.5, 0.6) is 5.75 Å². The van der Waals surface area contributed by atoms with E-state index in [1.54, 1.807) is 12.4 Å². The number of hydrogen-bond donors (Lipinski definition) is 0. The van der Waals surface area contributed by atoms with Crippen LogP contribution in [-0.4, -0.2) is 16.5 Å². The van der Waals surface area contributed by atoms with Gasteiger partial charge in [-0.1, -0.05) is 0 Å². The molecule has 3 heteroatoms. The van der Waals surface area contributed by atoms with E-state index in [9.17, 15) is 0 Å². The Labute approximate surface area is 76.5 Å². The molecule has 0 atom stereocenters. The van der Waals surface area contributed by atoms with Gasteiger partial charge >= 0.3 is 0 Å². The van der Waals surface area contributed by atoms with E-state index < -0.39 is 0 Å². The molecule has 0 saturated heterocycles. The zero-order valence-corrected chi connectivity index (χ0v) is 7.37. The lowest BCUT2D eigenvalue weighted by molar-refractivity contribution is 0.123. The van der Waals surface area contributed by atoms with Crippen molar-refractivity contribution in [2.24, 2.45) is 0 Å². The lowest BCUT2D eigenvalue weighted by Crippen LogP contribution is -2.34. The van der Waals surface area contributed by atoms with E-state index in [4.69, 9.17) is 16.3 Å². The normalized spacial score (nSPS) is 27.8. The lowest BCUT2D eigenvalue weighted by Gasteiger charge is -2.30. The van der Waals surface area contributed by atoms with E-state index in [2.05, 4.69) is 4.98 Å². The summed E-state index contributed by atoms with van der Waals surface area (Å²) in [5.74, 6) is 0.839. The van der Waals surface area contributed by atoms with E-state index in [-0.39, 0.29) is 0 Å². The number of ether oxygens (including phenoxy) is 1. The Morgan fingerprint density at radius 3 is 2.92 bits per heavy atom. The van der Waals surface area contributed by atoms with E-state index in [1.807, 2.05) is 12.1 Å². The highest BCUT2D eigenvalue weighted by atomic mass is 35.5. The summed E-state index contributed by atoms with van der Waals surface area (Å²) in [4.78, 5) is 3.96. The average molecular weight is 184 g/mol. The first-order chi connectivity index (χ1) is 5.84. The van der Waals surface area contributed by atoms with Crippen LogP contribution in [0, 0.1) is 0 Å². The highest BCUT2D eigenvalue weighted by Crippen LogP contribution is 2.29. The van der Waals surface area contributed by atoms with Crippen molar-refractivity contribution in [1.29, 1.82) is 0 Å². The zero-order valence-electron chi connectivity index (χ0n) is 6.61. The molecule has 0 unspecified atom stereocenters. The molecule has 1 aromatic rings. The standard InChI is InChI=1S/C9H10ClNO/c10-7-4-9(5-7)12-8-2-1-3-11-6-8/h1-3,6-7,9H,4-5H2. The van der Waals surface area contributed by atoms with Gasteiger partial charge in [0.25, 0.3) is 0 Å². The number of hydrogen-bond acceptors (Lipinski definition) is 2. The Morgan fingerprint density at radius 1 is 1.50 bits per heavy atom.